The van der Waals surface area contributed by atoms with Gasteiger partial charge in [0.2, 0.25) is 5.91 Å². The Morgan fingerprint density at radius 3 is 2.19 bits per heavy atom. The minimum atomic E-state index is -0.246. The number of anilines is 2. The lowest BCUT2D eigenvalue weighted by molar-refractivity contribution is -0.114. The Labute approximate surface area is 187 Å². The Morgan fingerprint density at radius 2 is 1.50 bits per heavy atom. The molecule has 7 heteroatoms. The zero-order valence-electron chi connectivity index (χ0n) is 18.1. The van der Waals surface area contributed by atoms with Crippen molar-refractivity contribution in [2.75, 3.05) is 31.3 Å². The van der Waals surface area contributed by atoms with E-state index in [1.54, 1.807) is 62.6 Å². The average Bonchev–Trinajstić information content (AvgIpc) is 2.82. The molecule has 3 rings (SSSR count). The van der Waals surface area contributed by atoms with Crippen LogP contribution in [0.5, 0.6) is 0 Å². The van der Waals surface area contributed by atoms with E-state index in [0.717, 1.165) is 11.3 Å². The summed E-state index contributed by atoms with van der Waals surface area (Å²) in [6, 6.07) is 23.4. The molecular formula is C25H26N4O3. The average molecular weight is 431 g/mol. The van der Waals surface area contributed by atoms with Gasteiger partial charge in [0.15, 0.2) is 0 Å². The van der Waals surface area contributed by atoms with Gasteiger partial charge < -0.3 is 20.9 Å². The summed E-state index contributed by atoms with van der Waals surface area (Å²) >= 11 is 0. The first-order valence-corrected chi connectivity index (χ1v) is 10.2. The van der Waals surface area contributed by atoms with Gasteiger partial charge in [-0.05, 0) is 48.0 Å². The fraction of sp³-hybridized carbons (Fsp3) is 0.160. The molecule has 3 amide bonds. The summed E-state index contributed by atoms with van der Waals surface area (Å²) in [5.74, 6) is -0.540. The van der Waals surface area contributed by atoms with Crippen LogP contribution >= 0.6 is 0 Å². The van der Waals surface area contributed by atoms with Crippen molar-refractivity contribution < 1.29 is 14.4 Å². The molecule has 0 radical (unpaired) electrons. The van der Waals surface area contributed by atoms with Crippen molar-refractivity contribution in [3.05, 3.63) is 95.6 Å². The lowest BCUT2D eigenvalue weighted by atomic mass is 10.1. The molecule has 164 valence electrons. The molecule has 0 aliphatic rings. The largest absolute Gasteiger partial charge is 0.376 e. The summed E-state index contributed by atoms with van der Waals surface area (Å²) in [4.78, 5) is 38.1. The number of carbonyl (C=O) groups is 3. The fourth-order valence-corrected chi connectivity index (χ4v) is 3.00. The van der Waals surface area contributed by atoms with Crippen LogP contribution in [0.1, 0.15) is 26.3 Å². The summed E-state index contributed by atoms with van der Waals surface area (Å²) in [6.07, 6.45) is 0. The van der Waals surface area contributed by atoms with E-state index >= 15 is 0 Å². The van der Waals surface area contributed by atoms with Gasteiger partial charge in [0.25, 0.3) is 11.8 Å². The number of benzene rings is 3. The maximum atomic E-state index is 12.3. The van der Waals surface area contributed by atoms with E-state index in [-0.39, 0.29) is 24.3 Å². The maximum absolute atomic E-state index is 12.3. The molecule has 0 aliphatic carbocycles. The Morgan fingerprint density at radius 1 is 0.781 bits per heavy atom. The van der Waals surface area contributed by atoms with Crippen LogP contribution in [0.3, 0.4) is 0 Å². The predicted molar refractivity (Wildman–Crippen MR) is 126 cm³/mol. The van der Waals surface area contributed by atoms with Gasteiger partial charge in [-0.25, -0.2) is 0 Å². The predicted octanol–water partition coefficient (Wildman–Crippen LogP) is 3.37. The number of nitrogens with zero attached hydrogens (tertiary/aromatic N) is 1. The lowest BCUT2D eigenvalue weighted by Crippen LogP contribution is -2.24. The Hall–Kier alpha value is -4.13. The van der Waals surface area contributed by atoms with Gasteiger partial charge in [-0.2, -0.15) is 0 Å². The van der Waals surface area contributed by atoms with Crippen LogP contribution in [0.15, 0.2) is 78.9 Å². The lowest BCUT2D eigenvalue weighted by Gasteiger charge is -2.12. The quantitative estimate of drug-likeness (QED) is 0.511. The molecule has 32 heavy (non-hydrogen) atoms. The van der Waals surface area contributed by atoms with E-state index in [1.165, 1.54) is 4.90 Å². The molecule has 3 aromatic carbocycles. The summed E-state index contributed by atoms with van der Waals surface area (Å²) in [5.41, 5.74) is 3.34. The minimum absolute atomic E-state index is 0.0470. The van der Waals surface area contributed by atoms with Crippen LogP contribution in [0.2, 0.25) is 0 Å². The molecule has 0 saturated heterocycles. The zero-order valence-corrected chi connectivity index (χ0v) is 18.1. The Bertz CT molecular complexity index is 1080. The number of hydrogen-bond donors (Lipinski definition) is 3. The zero-order chi connectivity index (χ0) is 22.9. The van der Waals surface area contributed by atoms with Gasteiger partial charge in [0.05, 0.1) is 6.54 Å². The highest BCUT2D eigenvalue weighted by atomic mass is 16.2. The van der Waals surface area contributed by atoms with Crippen LogP contribution in [0.25, 0.3) is 0 Å². The second kappa shape index (κ2) is 10.8. The SMILES string of the molecule is CN(C)C(=O)c1cccc(NC(=O)CNc2ccc(C(=O)NCc3ccccc3)cc2)c1. The third kappa shape index (κ3) is 6.43. The van der Waals surface area contributed by atoms with Crippen molar-refractivity contribution >= 4 is 29.1 Å². The highest BCUT2D eigenvalue weighted by Crippen LogP contribution is 2.13. The molecular weight excluding hydrogens is 404 g/mol. The van der Waals surface area contributed by atoms with E-state index in [4.69, 9.17) is 0 Å². The molecule has 3 N–H and O–H groups in total. The number of hydrogen-bond acceptors (Lipinski definition) is 4. The van der Waals surface area contributed by atoms with E-state index in [2.05, 4.69) is 16.0 Å². The van der Waals surface area contributed by atoms with Crippen LogP contribution in [-0.2, 0) is 11.3 Å². The number of nitrogens with one attached hydrogen (secondary N) is 3. The second-order valence-corrected chi connectivity index (χ2v) is 7.43. The minimum Gasteiger partial charge on any atom is -0.376 e. The van der Waals surface area contributed by atoms with Crippen molar-refractivity contribution in [2.45, 2.75) is 6.54 Å². The maximum Gasteiger partial charge on any atom is 0.253 e. The van der Waals surface area contributed by atoms with Crippen LogP contribution in [-0.4, -0.2) is 43.3 Å². The topological polar surface area (TPSA) is 90.5 Å². The van der Waals surface area contributed by atoms with Crippen molar-refractivity contribution in [3.63, 3.8) is 0 Å². The number of amides is 3. The van der Waals surface area contributed by atoms with Crippen LogP contribution in [0, 0.1) is 0 Å². The van der Waals surface area contributed by atoms with Crippen LogP contribution < -0.4 is 16.0 Å². The molecule has 7 nitrogen and oxygen atoms in total. The molecule has 0 aromatic heterocycles. The smallest absolute Gasteiger partial charge is 0.253 e. The molecule has 3 aromatic rings. The molecule has 0 atom stereocenters. The first kappa shape index (κ1) is 22.6. The number of rotatable bonds is 8. The van der Waals surface area contributed by atoms with Crippen molar-refractivity contribution in [2.24, 2.45) is 0 Å². The second-order valence-electron chi connectivity index (χ2n) is 7.43. The summed E-state index contributed by atoms with van der Waals surface area (Å²) in [5, 5.41) is 8.68. The van der Waals surface area contributed by atoms with Gasteiger partial charge in [-0.1, -0.05) is 36.4 Å². The third-order valence-corrected chi connectivity index (χ3v) is 4.70. The molecule has 0 heterocycles. The van der Waals surface area contributed by atoms with Gasteiger partial charge in [-0.3, -0.25) is 14.4 Å². The molecule has 0 fully saturated rings. The van der Waals surface area contributed by atoms with Crippen LogP contribution in [0.4, 0.5) is 11.4 Å². The first-order valence-electron chi connectivity index (χ1n) is 10.2. The molecule has 0 aliphatic heterocycles. The van der Waals surface area contributed by atoms with E-state index in [0.29, 0.717) is 23.4 Å². The molecule has 0 saturated carbocycles. The van der Waals surface area contributed by atoms with Crippen molar-refractivity contribution in [1.29, 1.82) is 0 Å². The Kier molecular flexibility index (Phi) is 7.59. The normalized spacial score (nSPS) is 10.2. The fourth-order valence-electron chi connectivity index (χ4n) is 3.00. The van der Waals surface area contributed by atoms with Gasteiger partial charge in [0, 0.05) is 43.1 Å². The summed E-state index contributed by atoms with van der Waals surface area (Å²) in [7, 11) is 3.35. The highest BCUT2D eigenvalue weighted by Gasteiger charge is 2.10. The van der Waals surface area contributed by atoms with Crippen molar-refractivity contribution in [3.8, 4) is 0 Å². The molecule has 0 spiro atoms. The van der Waals surface area contributed by atoms with Gasteiger partial charge >= 0.3 is 0 Å². The van der Waals surface area contributed by atoms with E-state index in [1.807, 2.05) is 30.3 Å². The van der Waals surface area contributed by atoms with E-state index in [9.17, 15) is 14.4 Å². The first-order chi connectivity index (χ1) is 15.4. The van der Waals surface area contributed by atoms with Crippen molar-refractivity contribution in [1.82, 2.24) is 10.2 Å². The highest BCUT2D eigenvalue weighted by molar-refractivity contribution is 5.98. The standard InChI is InChI=1S/C25H26N4O3/c1-29(2)25(32)20-9-6-10-22(15-20)28-23(30)17-26-21-13-11-19(12-14-21)24(31)27-16-18-7-4-3-5-8-18/h3-15,26H,16-17H2,1-2H3,(H,27,31)(H,28,30). The van der Waals surface area contributed by atoms with Gasteiger partial charge in [0.1, 0.15) is 0 Å². The number of carbonyl (C=O) groups excluding carboxylic acids is 3. The molecule has 0 unspecified atom stereocenters. The molecule has 0 bridgehead atoms. The summed E-state index contributed by atoms with van der Waals surface area (Å²) < 4.78 is 0. The third-order valence-electron chi connectivity index (χ3n) is 4.70. The summed E-state index contributed by atoms with van der Waals surface area (Å²) in [6.45, 7) is 0.507. The monoisotopic (exact) mass is 430 g/mol. The Balaban J connectivity index is 1.48. The van der Waals surface area contributed by atoms with Gasteiger partial charge in [-0.15, -0.1) is 0 Å². The van der Waals surface area contributed by atoms with E-state index < -0.39 is 0 Å².